The Morgan fingerprint density at radius 1 is 1.12 bits per heavy atom. The van der Waals surface area contributed by atoms with Gasteiger partial charge in [-0.15, -0.1) is 0 Å². The molecule has 8 heteroatoms. The molecule has 0 spiro atoms. The molecule has 2 aromatic carbocycles. The van der Waals surface area contributed by atoms with Crippen LogP contribution in [0.15, 0.2) is 36.5 Å². The summed E-state index contributed by atoms with van der Waals surface area (Å²) in [5.41, 5.74) is 17.8. The zero-order valence-corrected chi connectivity index (χ0v) is 19.5. The van der Waals surface area contributed by atoms with Crippen LogP contribution < -0.4 is 21.5 Å². The van der Waals surface area contributed by atoms with Crippen molar-refractivity contribution >= 4 is 29.0 Å². The SMILES string of the molecule is COc1cc(-c2sncc2-c2ccc(C)c(NC(=O)[C@H](N)CCC(N)=O)c2)cc(C)c1C. The Kier molecular flexibility index (Phi) is 7.27. The number of nitrogens with one attached hydrogen (secondary N) is 1. The number of benzene rings is 2. The first-order valence-electron chi connectivity index (χ1n) is 10.3. The summed E-state index contributed by atoms with van der Waals surface area (Å²) in [5, 5.41) is 2.88. The molecule has 0 unspecified atom stereocenters. The van der Waals surface area contributed by atoms with E-state index in [1.54, 1.807) is 7.11 Å². The Hall–Kier alpha value is -3.23. The smallest absolute Gasteiger partial charge is 0.241 e. The van der Waals surface area contributed by atoms with Crippen LogP contribution in [0.4, 0.5) is 5.69 Å². The summed E-state index contributed by atoms with van der Waals surface area (Å²) >= 11 is 1.41. The molecule has 0 fully saturated rings. The average Bonchev–Trinajstić information content (AvgIpc) is 3.25. The lowest BCUT2D eigenvalue weighted by atomic mass is 9.98. The molecular formula is C24H28N4O3S. The van der Waals surface area contributed by atoms with Gasteiger partial charge in [0.05, 0.1) is 18.0 Å². The first kappa shape index (κ1) is 23.4. The molecule has 0 aliphatic carbocycles. The lowest BCUT2D eigenvalue weighted by Gasteiger charge is -2.15. The molecule has 7 nitrogen and oxygen atoms in total. The van der Waals surface area contributed by atoms with Gasteiger partial charge in [-0.05, 0) is 78.7 Å². The fourth-order valence-corrected chi connectivity index (χ4v) is 4.16. The normalized spacial score (nSPS) is 11.8. The molecule has 168 valence electrons. The first-order chi connectivity index (χ1) is 15.2. The highest BCUT2D eigenvalue weighted by Gasteiger charge is 2.18. The molecule has 1 aromatic heterocycles. The summed E-state index contributed by atoms with van der Waals surface area (Å²) in [6, 6.07) is 9.20. The quantitative estimate of drug-likeness (QED) is 0.478. The van der Waals surface area contributed by atoms with Gasteiger partial charge in [0.15, 0.2) is 0 Å². The van der Waals surface area contributed by atoms with Gasteiger partial charge in [0.1, 0.15) is 5.75 Å². The third kappa shape index (κ3) is 5.15. The topological polar surface area (TPSA) is 120 Å². The molecule has 3 aromatic rings. The number of rotatable bonds is 8. The van der Waals surface area contributed by atoms with E-state index in [0.717, 1.165) is 44.0 Å². The van der Waals surface area contributed by atoms with E-state index >= 15 is 0 Å². The predicted molar refractivity (Wildman–Crippen MR) is 129 cm³/mol. The molecular weight excluding hydrogens is 424 g/mol. The summed E-state index contributed by atoms with van der Waals surface area (Å²) in [6.45, 7) is 6.01. The Labute approximate surface area is 191 Å². The maximum Gasteiger partial charge on any atom is 0.241 e. The number of primary amides is 1. The van der Waals surface area contributed by atoms with Crippen LogP contribution in [0.25, 0.3) is 21.6 Å². The predicted octanol–water partition coefficient (Wildman–Crippen LogP) is 3.94. The minimum atomic E-state index is -0.813. The second kappa shape index (κ2) is 9.93. The lowest BCUT2D eigenvalue weighted by Crippen LogP contribution is -2.36. The highest BCUT2D eigenvalue weighted by molar-refractivity contribution is 7.10. The molecule has 3 rings (SSSR count). The molecule has 0 aliphatic heterocycles. The maximum atomic E-state index is 12.5. The third-order valence-corrected chi connectivity index (χ3v) is 6.37. The van der Waals surface area contributed by atoms with E-state index in [0.29, 0.717) is 5.69 Å². The summed E-state index contributed by atoms with van der Waals surface area (Å²) in [5.74, 6) is 0.00195. The molecule has 0 radical (unpaired) electrons. The number of methoxy groups -OCH3 is 1. The van der Waals surface area contributed by atoms with E-state index < -0.39 is 11.9 Å². The van der Waals surface area contributed by atoms with E-state index in [-0.39, 0.29) is 18.7 Å². The van der Waals surface area contributed by atoms with E-state index in [9.17, 15) is 9.59 Å². The number of aryl methyl sites for hydroxylation is 2. The van der Waals surface area contributed by atoms with Gasteiger partial charge in [0.25, 0.3) is 0 Å². The monoisotopic (exact) mass is 452 g/mol. The van der Waals surface area contributed by atoms with Crippen LogP contribution in [0, 0.1) is 20.8 Å². The standard InChI is InChI=1S/C24H28N4O3S/c1-13-5-6-16(10-20(13)28-24(30)19(25)7-8-22(26)29)18-12-27-32-23(18)17-9-14(2)15(3)21(11-17)31-4/h5-6,9-12,19H,7-8,25H2,1-4H3,(H2,26,29)(H,28,30)/t19-/m1/s1. The van der Waals surface area contributed by atoms with Gasteiger partial charge in [0.2, 0.25) is 11.8 Å². The van der Waals surface area contributed by atoms with Crippen LogP contribution in [0.2, 0.25) is 0 Å². The molecule has 1 heterocycles. The Balaban J connectivity index is 1.92. The van der Waals surface area contributed by atoms with Gasteiger partial charge in [-0.25, -0.2) is 0 Å². The Morgan fingerprint density at radius 2 is 1.88 bits per heavy atom. The molecule has 0 saturated carbocycles. The van der Waals surface area contributed by atoms with Gasteiger partial charge < -0.3 is 21.5 Å². The van der Waals surface area contributed by atoms with E-state index in [1.807, 2.05) is 44.3 Å². The van der Waals surface area contributed by atoms with E-state index in [4.69, 9.17) is 16.2 Å². The van der Waals surface area contributed by atoms with Gasteiger partial charge >= 0.3 is 0 Å². The van der Waals surface area contributed by atoms with Crippen LogP contribution in [-0.2, 0) is 9.59 Å². The number of carbonyl (C=O) groups excluding carboxylic acids is 2. The first-order valence-corrected chi connectivity index (χ1v) is 11.0. The molecule has 0 saturated heterocycles. The van der Waals surface area contributed by atoms with Gasteiger partial charge in [0, 0.05) is 23.9 Å². The molecule has 32 heavy (non-hydrogen) atoms. The number of carbonyl (C=O) groups is 2. The van der Waals surface area contributed by atoms with Crippen molar-refractivity contribution in [1.82, 2.24) is 4.37 Å². The maximum absolute atomic E-state index is 12.5. The molecule has 0 bridgehead atoms. The van der Waals surface area contributed by atoms with Crippen molar-refractivity contribution in [3.8, 4) is 27.3 Å². The van der Waals surface area contributed by atoms with Crippen molar-refractivity contribution in [2.24, 2.45) is 11.5 Å². The van der Waals surface area contributed by atoms with Gasteiger partial charge in [-0.1, -0.05) is 18.2 Å². The van der Waals surface area contributed by atoms with E-state index in [2.05, 4.69) is 22.7 Å². The van der Waals surface area contributed by atoms with Crippen molar-refractivity contribution in [2.45, 2.75) is 39.7 Å². The number of anilines is 1. The number of aromatic nitrogens is 1. The third-order valence-electron chi connectivity index (χ3n) is 5.52. The van der Waals surface area contributed by atoms with Crippen molar-refractivity contribution in [2.75, 3.05) is 12.4 Å². The molecule has 0 aliphatic rings. The fourth-order valence-electron chi connectivity index (χ4n) is 3.40. The molecule has 2 amide bonds. The van der Waals surface area contributed by atoms with Crippen molar-refractivity contribution in [1.29, 1.82) is 0 Å². The molecule has 5 N–H and O–H groups in total. The summed E-state index contributed by atoms with van der Waals surface area (Å²) in [6.07, 6.45) is 2.10. The van der Waals surface area contributed by atoms with E-state index in [1.165, 1.54) is 11.5 Å². The van der Waals surface area contributed by atoms with Crippen LogP contribution in [-0.4, -0.2) is 29.3 Å². The number of nitrogens with two attached hydrogens (primary N) is 2. The number of nitrogens with zero attached hydrogens (tertiary/aromatic N) is 1. The molecule has 1 atom stereocenters. The number of ether oxygens (including phenoxy) is 1. The van der Waals surface area contributed by atoms with Crippen LogP contribution in [0.5, 0.6) is 5.75 Å². The van der Waals surface area contributed by atoms with Crippen molar-refractivity contribution in [3.63, 3.8) is 0 Å². The second-order valence-electron chi connectivity index (χ2n) is 7.82. The van der Waals surface area contributed by atoms with Crippen LogP contribution in [0.1, 0.15) is 29.5 Å². The largest absolute Gasteiger partial charge is 0.496 e. The summed E-state index contributed by atoms with van der Waals surface area (Å²) < 4.78 is 9.96. The Morgan fingerprint density at radius 3 is 2.56 bits per heavy atom. The number of hydrogen-bond acceptors (Lipinski definition) is 6. The average molecular weight is 453 g/mol. The van der Waals surface area contributed by atoms with Crippen molar-refractivity contribution in [3.05, 3.63) is 53.2 Å². The van der Waals surface area contributed by atoms with Crippen molar-refractivity contribution < 1.29 is 14.3 Å². The number of amides is 2. The lowest BCUT2D eigenvalue weighted by molar-refractivity contribution is -0.119. The summed E-state index contributed by atoms with van der Waals surface area (Å²) in [4.78, 5) is 24.5. The fraction of sp³-hybridized carbons (Fsp3) is 0.292. The van der Waals surface area contributed by atoms with Gasteiger partial charge in [-0.2, -0.15) is 4.37 Å². The minimum Gasteiger partial charge on any atom is -0.496 e. The highest BCUT2D eigenvalue weighted by atomic mass is 32.1. The van der Waals surface area contributed by atoms with Gasteiger partial charge in [-0.3, -0.25) is 9.59 Å². The number of hydrogen-bond donors (Lipinski definition) is 3. The summed E-state index contributed by atoms with van der Waals surface area (Å²) in [7, 11) is 1.67. The van der Waals surface area contributed by atoms with Crippen LogP contribution >= 0.6 is 11.5 Å². The second-order valence-corrected chi connectivity index (χ2v) is 8.62. The Bertz CT molecular complexity index is 1160. The zero-order valence-electron chi connectivity index (χ0n) is 18.7. The highest BCUT2D eigenvalue weighted by Crippen LogP contribution is 2.39. The van der Waals surface area contributed by atoms with Crippen LogP contribution in [0.3, 0.4) is 0 Å². The minimum absolute atomic E-state index is 0.0664. The zero-order chi connectivity index (χ0) is 23.4.